The van der Waals surface area contributed by atoms with Gasteiger partial charge in [0, 0.05) is 52.2 Å². The average Bonchev–Trinajstić information content (AvgIpc) is 3.74. The molecule has 3 aromatic carbocycles. The molecule has 41 heavy (non-hydrogen) atoms. The maximum absolute atomic E-state index is 14.2. The van der Waals surface area contributed by atoms with Crippen LogP contribution in [0.4, 0.5) is 5.69 Å². The van der Waals surface area contributed by atoms with Crippen molar-refractivity contribution in [1.82, 2.24) is 10.9 Å². The summed E-state index contributed by atoms with van der Waals surface area (Å²) in [5.74, 6) is 1.15. The van der Waals surface area contributed by atoms with Gasteiger partial charge >= 0.3 is 0 Å². The van der Waals surface area contributed by atoms with Gasteiger partial charge in [0.2, 0.25) is 5.90 Å². The number of rotatable bonds is 13. The first-order valence-corrected chi connectivity index (χ1v) is 14.3. The van der Waals surface area contributed by atoms with Crippen LogP contribution in [0.5, 0.6) is 5.75 Å². The van der Waals surface area contributed by atoms with E-state index in [2.05, 4.69) is 36.8 Å². The van der Waals surface area contributed by atoms with Crippen LogP contribution in [0.1, 0.15) is 42.1 Å². The Morgan fingerprint density at radius 3 is 2.61 bits per heavy atom. The molecule has 0 saturated heterocycles. The third kappa shape index (κ3) is 6.89. The topological polar surface area (TPSA) is 141 Å². The first-order valence-electron chi connectivity index (χ1n) is 13.5. The zero-order valence-electron chi connectivity index (χ0n) is 22.4. The Balaban J connectivity index is 1.56. The summed E-state index contributed by atoms with van der Waals surface area (Å²) < 4.78 is 13.1. The van der Waals surface area contributed by atoms with Gasteiger partial charge < -0.3 is 14.6 Å². The number of nitrogens with zero attached hydrogens (tertiary/aromatic N) is 4. The van der Waals surface area contributed by atoms with E-state index in [1.807, 2.05) is 42.5 Å². The van der Waals surface area contributed by atoms with E-state index in [1.165, 1.54) is 0 Å². The molecule has 5 rings (SSSR count). The summed E-state index contributed by atoms with van der Waals surface area (Å²) >= 11 is 3.48. The molecule has 1 fully saturated rings. The number of nitrogens with one attached hydrogen (secondary N) is 2. The number of hydrogen-bond acceptors (Lipinski definition) is 7. The van der Waals surface area contributed by atoms with Gasteiger partial charge in [-0.25, -0.2) is 10.4 Å². The van der Waals surface area contributed by atoms with Crippen molar-refractivity contribution < 1.29 is 19.4 Å². The number of hydrazine groups is 1. The van der Waals surface area contributed by atoms with Gasteiger partial charge in [-0.05, 0) is 66.3 Å². The number of aliphatic hydroxyl groups is 1. The third-order valence-electron chi connectivity index (χ3n) is 7.08. The van der Waals surface area contributed by atoms with E-state index in [-0.39, 0.29) is 18.9 Å². The van der Waals surface area contributed by atoms with Crippen LogP contribution in [0.15, 0.2) is 87.4 Å². The Hall–Kier alpha value is -3.89. The molecule has 11 heteroatoms. The second-order valence-corrected chi connectivity index (χ2v) is 11.0. The first-order chi connectivity index (χ1) is 20.0. The smallest absolute Gasteiger partial charge is 0.266 e. The van der Waals surface area contributed by atoms with Crippen molar-refractivity contribution in [1.29, 1.82) is 0 Å². The van der Waals surface area contributed by atoms with E-state index in [0.717, 1.165) is 22.9 Å². The highest BCUT2D eigenvalue weighted by molar-refractivity contribution is 9.10. The van der Waals surface area contributed by atoms with E-state index in [4.69, 9.17) is 19.6 Å². The van der Waals surface area contributed by atoms with Crippen LogP contribution in [0.25, 0.3) is 10.4 Å². The highest BCUT2D eigenvalue weighted by Gasteiger charge is 2.54. The molecule has 2 aliphatic rings. The highest BCUT2D eigenvalue weighted by atomic mass is 79.9. The molecule has 0 spiro atoms. The third-order valence-corrected chi connectivity index (χ3v) is 7.61. The zero-order valence-corrected chi connectivity index (χ0v) is 24.0. The van der Waals surface area contributed by atoms with Crippen LogP contribution < -0.4 is 15.6 Å². The largest absolute Gasteiger partial charge is 0.494 e. The van der Waals surface area contributed by atoms with Gasteiger partial charge in [-0.1, -0.05) is 57.4 Å². The van der Waals surface area contributed by atoms with Gasteiger partial charge in [-0.2, -0.15) is 0 Å². The first kappa shape index (κ1) is 28.6. The quantitative estimate of drug-likeness (QED) is 0.0742. The molecule has 3 aromatic rings. The number of benzene rings is 3. The highest BCUT2D eigenvalue weighted by Crippen LogP contribution is 2.45. The summed E-state index contributed by atoms with van der Waals surface area (Å²) in [5.41, 5.74) is 16.3. The fraction of sp³-hybridized carbons (Fsp3) is 0.333. The number of carbonyl (C=O) groups is 1. The molecular weight excluding hydrogens is 588 g/mol. The monoisotopic (exact) mass is 618 g/mol. The van der Waals surface area contributed by atoms with Gasteiger partial charge in [0.25, 0.3) is 5.91 Å². The maximum Gasteiger partial charge on any atom is 0.266 e. The summed E-state index contributed by atoms with van der Waals surface area (Å²) in [6.07, 6.45) is 2.16. The van der Waals surface area contributed by atoms with E-state index in [9.17, 15) is 10.3 Å². The number of hydrogen-bond donors (Lipinski definition) is 3. The predicted molar refractivity (Wildman–Crippen MR) is 159 cm³/mol. The lowest BCUT2D eigenvalue weighted by atomic mass is 9.81. The minimum absolute atomic E-state index is 0.0550. The van der Waals surface area contributed by atoms with E-state index >= 15 is 0 Å². The molecule has 1 saturated carbocycles. The molecular formula is C30H31BrN6O4. The van der Waals surface area contributed by atoms with Crippen LogP contribution >= 0.6 is 15.9 Å². The van der Waals surface area contributed by atoms with E-state index in [0.29, 0.717) is 54.0 Å². The van der Waals surface area contributed by atoms with Crippen molar-refractivity contribution in [3.63, 3.8) is 0 Å². The predicted octanol–water partition coefficient (Wildman–Crippen LogP) is 5.68. The Labute approximate surface area is 246 Å². The summed E-state index contributed by atoms with van der Waals surface area (Å²) in [5, 5.41) is 12.9. The second kappa shape index (κ2) is 13.2. The summed E-state index contributed by atoms with van der Waals surface area (Å²) in [6.45, 7) is 1.13. The van der Waals surface area contributed by atoms with Gasteiger partial charge in [0.05, 0.1) is 6.61 Å². The van der Waals surface area contributed by atoms with Crippen molar-refractivity contribution in [3.05, 3.63) is 104 Å². The van der Waals surface area contributed by atoms with Gasteiger partial charge in [0.1, 0.15) is 5.75 Å². The number of aliphatic imine (C=N–C) groups is 1. The molecule has 212 valence electrons. The summed E-state index contributed by atoms with van der Waals surface area (Å²) in [6, 6.07) is 22.1. The number of halogens is 1. The summed E-state index contributed by atoms with van der Waals surface area (Å²) in [4.78, 5) is 22.2. The lowest BCUT2D eigenvalue weighted by Gasteiger charge is -2.31. The molecule has 0 aromatic heterocycles. The minimum atomic E-state index is -1.42. The van der Waals surface area contributed by atoms with Crippen LogP contribution in [-0.2, 0) is 16.0 Å². The van der Waals surface area contributed by atoms with Gasteiger partial charge in [-0.3, -0.25) is 10.2 Å². The number of carbonyl (C=O) groups excluding carboxylic acids is 1. The summed E-state index contributed by atoms with van der Waals surface area (Å²) in [7, 11) is 0. The van der Waals surface area contributed by atoms with Gasteiger partial charge in [-0.15, -0.1) is 0 Å². The average molecular weight is 620 g/mol. The van der Waals surface area contributed by atoms with Crippen LogP contribution in [0.3, 0.4) is 0 Å². The molecule has 1 aliphatic heterocycles. The molecule has 1 heterocycles. The van der Waals surface area contributed by atoms with Crippen LogP contribution in [-0.4, -0.2) is 42.2 Å². The minimum Gasteiger partial charge on any atom is -0.494 e. The number of aliphatic hydroxyl groups excluding tert-OH is 1. The van der Waals surface area contributed by atoms with Crippen molar-refractivity contribution in [3.8, 4) is 5.75 Å². The number of amides is 1. The number of ether oxygens (including phenoxy) is 2. The SMILES string of the molecule is [N-]=[N+]=Nc1ccccc1[C@@H]1OC(c2ccc(OCCCO)cc2)=N[C@]1(Cc1ccc(Br)cc1)C(=O)NNCC1CC1. The fourth-order valence-corrected chi connectivity index (χ4v) is 4.99. The molecule has 10 nitrogen and oxygen atoms in total. The molecule has 1 amide bonds. The number of azide groups is 1. The Bertz CT molecular complexity index is 1440. The molecule has 0 unspecified atom stereocenters. The lowest BCUT2D eigenvalue weighted by molar-refractivity contribution is -0.130. The van der Waals surface area contributed by atoms with E-state index in [1.54, 1.807) is 30.3 Å². The van der Waals surface area contributed by atoms with Crippen molar-refractivity contribution >= 4 is 33.4 Å². The van der Waals surface area contributed by atoms with Crippen molar-refractivity contribution in [2.24, 2.45) is 16.0 Å². The lowest BCUT2D eigenvalue weighted by Crippen LogP contribution is -2.54. The fourth-order valence-electron chi connectivity index (χ4n) is 4.73. The van der Waals surface area contributed by atoms with Crippen molar-refractivity contribution in [2.75, 3.05) is 19.8 Å². The maximum atomic E-state index is 14.2. The van der Waals surface area contributed by atoms with Gasteiger partial charge in [0.15, 0.2) is 11.6 Å². The zero-order chi connectivity index (χ0) is 28.7. The Morgan fingerprint density at radius 2 is 1.90 bits per heavy atom. The Kier molecular flexibility index (Phi) is 9.21. The second-order valence-electron chi connectivity index (χ2n) is 10.1. The molecule has 1 aliphatic carbocycles. The Morgan fingerprint density at radius 1 is 1.15 bits per heavy atom. The molecule has 0 radical (unpaired) electrons. The van der Waals surface area contributed by atoms with Crippen LogP contribution in [0.2, 0.25) is 0 Å². The molecule has 3 N–H and O–H groups in total. The molecule has 0 bridgehead atoms. The standard InChI is InChI=1S/C30H31BrN6O4/c31-23-12-8-20(9-13-23)18-30(29(39)36-33-19-21-6-7-21)27(25-4-1-2-5-26(25)35-37-32)41-28(34-30)22-10-14-24(15-11-22)40-17-3-16-38/h1-2,4-5,8-15,21,27,33,38H,3,6-7,16-19H2,(H,36,39)/t27-,30-/m0/s1. The van der Waals surface area contributed by atoms with Crippen molar-refractivity contribution in [2.45, 2.75) is 37.3 Å². The normalized spacial score (nSPS) is 19.6. The van der Waals surface area contributed by atoms with E-state index < -0.39 is 11.6 Å². The molecule has 2 atom stereocenters. The van der Waals surface area contributed by atoms with Crippen LogP contribution in [0, 0.1) is 5.92 Å².